The second kappa shape index (κ2) is 12.0. The molecule has 0 aliphatic rings. The maximum absolute atomic E-state index is 2.12. The van der Waals surface area contributed by atoms with Crippen LogP contribution in [0.4, 0.5) is 5.69 Å². The molecule has 0 bridgehead atoms. The van der Waals surface area contributed by atoms with E-state index in [0.717, 1.165) is 0 Å². The van der Waals surface area contributed by atoms with Gasteiger partial charge in [0.15, 0.2) is 0 Å². The van der Waals surface area contributed by atoms with E-state index in [4.69, 9.17) is 0 Å². The van der Waals surface area contributed by atoms with Gasteiger partial charge >= 0.3 is 68.9 Å². The minimum absolute atomic E-state index is 0. The van der Waals surface area contributed by atoms with Crippen LogP contribution in [0.15, 0.2) is 30.3 Å². The molecule has 0 atom stereocenters. The summed E-state index contributed by atoms with van der Waals surface area (Å²) < 4.78 is 0. The molecule has 2 heteroatoms. The third-order valence-corrected chi connectivity index (χ3v) is 1.63. The van der Waals surface area contributed by atoms with Gasteiger partial charge in [0.25, 0.3) is 0 Å². The average Bonchev–Trinajstić information content (AvgIpc) is 2.23. The topological polar surface area (TPSA) is 16.6 Å². The maximum Gasteiger partial charge on any atom is 1.00 e. The Kier molecular flexibility index (Phi) is 14.9. The van der Waals surface area contributed by atoms with Crippen LogP contribution in [0, 0.1) is 0 Å². The standard InChI is InChI=1S/C10H13N.C2H6.Cs/c1-3-4-9-5-7-10(11-2)8-6-9;1-2;/h3-8,11H,1-2H3;1-2H3;/q;;+1/p+1/b4-3+;;. The number of benzene rings is 1. The van der Waals surface area contributed by atoms with Crippen LogP contribution in [-0.2, 0) is 0 Å². The molecule has 1 rings (SSSR count). The van der Waals surface area contributed by atoms with E-state index < -0.39 is 0 Å². The summed E-state index contributed by atoms with van der Waals surface area (Å²) in [6.45, 7) is 6.03. The van der Waals surface area contributed by atoms with Crippen molar-refractivity contribution in [3.63, 3.8) is 0 Å². The quantitative estimate of drug-likeness (QED) is 0.714. The number of allylic oxidation sites excluding steroid dienone is 1. The molecule has 1 aromatic rings. The Balaban J connectivity index is 0. The molecular weight excluding hydrogens is 291 g/mol. The van der Waals surface area contributed by atoms with Gasteiger partial charge in [0.2, 0.25) is 0 Å². The summed E-state index contributed by atoms with van der Waals surface area (Å²) in [6, 6.07) is 8.48. The monoisotopic (exact) mass is 311 g/mol. The number of hydrogen-bond donors (Lipinski definition) is 1. The van der Waals surface area contributed by atoms with Crippen LogP contribution in [0.25, 0.3) is 6.08 Å². The van der Waals surface area contributed by atoms with Crippen molar-refractivity contribution in [2.45, 2.75) is 20.8 Å². The Hall–Kier alpha value is 0.972. The van der Waals surface area contributed by atoms with E-state index in [2.05, 4.69) is 35.7 Å². The van der Waals surface area contributed by atoms with E-state index in [1.165, 1.54) is 11.3 Å². The van der Waals surface area contributed by atoms with Crippen LogP contribution >= 0.6 is 0 Å². The second-order valence-electron chi connectivity index (χ2n) is 2.46. The van der Waals surface area contributed by atoms with Crippen molar-refractivity contribution >= 4 is 11.8 Å². The minimum atomic E-state index is 0. The van der Waals surface area contributed by atoms with Gasteiger partial charge in [-0.1, -0.05) is 26.0 Å². The molecule has 0 saturated carbocycles. The van der Waals surface area contributed by atoms with Crippen molar-refractivity contribution in [1.82, 2.24) is 0 Å². The van der Waals surface area contributed by atoms with E-state index in [0.29, 0.717) is 0 Å². The van der Waals surface area contributed by atoms with Crippen molar-refractivity contribution in [3.8, 4) is 0 Å². The van der Waals surface area contributed by atoms with Gasteiger partial charge in [-0.2, -0.15) is 0 Å². The number of hydrogen-bond acceptors (Lipinski definition) is 0. The van der Waals surface area contributed by atoms with E-state index in [-0.39, 0.29) is 68.9 Å². The molecule has 0 aromatic heterocycles. The van der Waals surface area contributed by atoms with Gasteiger partial charge in [-0.15, -0.1) is 0 Å². The molecule has 0 saturated heterocycles. The smallest absolute Gasteiger partial charge is 0.316 e. The fraction of sp³-hybridized carbons (Fsp3) is 0.333. The molecule has 0 radical (unpaired) electrons. The molecule has 0 fully saturated rings. The summed E-state index contributed by atoms with van der Waals surface area (Å²) >= 11 is 0. The van der Waals surface area contributed by atoms with Gasteiger partial charge < -0.3 is 5.32 Å². The van der Waals surface area contributed by atoms with Crippen LogP contribution in [0.3, 0.4) is 0 Å². The van der Waals surface area contributed by atoms with E-state index in [9.17, 15) is 0 Å². The summed E-state index contributed by atoms with van der Waals surface area (Å²) in [5.74, 6) is 0. The molecule has 1 aromatic carbocycles. The molecule has 0 amide bonds. The molecule has 14 heavy (non-hydrogen) atoms. The van der Waals surface area contributed by atoms with Gasteiger partial charge in [-0.05, 0) is 36.8 Å². The predicted molar refractivity (Wildman–Crippen MR) is 60.0 cm³/mol. The van der Waals surface area contributed by atoms with Crippen LogP contribution in [-0.4, -0.2) is 7.05 Å². The minimum Gasteiger partial charge on any atom is -0.316 e. The summed E-state index contributed by atoms with van der Waals surface area (Å²) in [5, 5.41) is 2.10. The molecule has 0 unspecified atom stereocenters. The Morgan fingerprint density at radius 3 is 1.93 bits per heavy atom. The normalized spacial score (nSPS) is 8.86. The molecule has 2 N–H and O–H groups in total. The summed E-state index contributed by atoms with van der Waals surface area (Å²) in [7, 11) is 2.05. The Bertz CT molecular complexity index is 239. The van der Waals surface area contributed by atoms with Crippen molar-refractivity contribution in [2.75, 3.05) is 7.05 Å². The van der Waals surface area contributed by atoms with Gasteiger partial charge in [-0.25, -0.2) is 0 Å². The molecule has 0 aliphatic heterocycles. The fourth-order valence-corrected chi connectivity index (χ4v) is 0.992. The Morgan fingerprint density at radius 2 is 1.57 bits per heavy atom. The van der Waals surface area contributed by atoms with Gasteiger partial charge in [0.1, 0.15) is 5.69 Å². The van der Waals surface area contributed by atoms with E-state index >= 15 is 0 Å². The molecule has 1 nitrogen and oxygen atoms in total. The Labute approximate surface area is 147 Å². The van der Waals surface area contributed by atoms with E-state index in [1.807, 2.05) is 33.9 Å². The van der Waals surface area contributed by atoms with Crippen LogP contribution < -0.4 is 74.2 Å². The molecule has 0 heterocycles. The SMILES string of the molecule is C/C=C/c1ccc([NH2+]C)cc1.CC.[Cs+]. The van der Waals surface area contributed by atoms with Crippen LogP contribution in [0.1, 0.15) is 26.3 Å². The third kappa shape index (κ3) is 7.29. The van der Waals surface area contributed by atoms with Crippen molar-refractivity contribution in [1.29, 1.82) is 0 Å². The number of rotatable bonds is 2. The average molecular weight is 311 g/mol. The van der Waals surface area contributed by atoms with Gasteiger partial charge in [0, 0.05) is 0 Å². The summed E-state index contributed by atoms with van der Waals surface area (Å²) in [5.41, 5.74) is 2.54. The van der Waals surface area contributed by atoms with Crippen LogP contribution in [0.5, 0.6) is 0 Å². The van der Waals surface area contributed by atoms with Gasteiger partial charge in [-0.3, -0.25) is 0 Å². The second-order valence-corrected chi connectivity index (χ2v) is 2.46. The van der Waals surface area contributed by atoms with Crippen molar-refractivity contribution in [3.05, 3.63) is 35.9 Å². The van der Waals surface area contributed by atoms with Crippen LogP contribution in [0.2, 0.25) is 0 Å². The number of nitrogens with two attached hydrogens (primary N) is 1. The predicted octanol–water partition coefficient (Wildman–Crippen LogP) is -0.425. The Morgan fingerprint density at radius 1 is 1.07 bits per heavy atom. The molecule has 0 aliphatic carbocycles. The van der Waals surface area contributed by atoms with Crippen molar-refractivity contribution in [2.24, 2.45) is 0 Å². The van der Waals surface area contributed by atoms with Crippen molar-refractivity contribution < 1.29 is 74.2 Å². The molecule has 0 spiro atoms. The number of quaternary nitrogens is 1. The largest absolute Gasteiger partial charge is 1.00 e. The zero-order valence-corrected chi connectivity index (χ0v) is 16.3. The molecule has 72 valence electrons. The zero-order chi connectivity index (χ0) is 10.1. The first-order valence-corrected chi connectivity index (χ1v) is 4.89. The first kappa shape index (κ1) is 17.4. The maximum atomic E-state index is 2.12. The first-order valence-electron chi connectivity index (χ1n) is 4.89. The summed E-state index contributed by atoms with van der Waals surface area (Å²) in [6.07, 6.45) is 4.14. The zero-order valence-electron chi connectivity index (χ0n) is 10.0. The van der Waals surface area contributed by atoms with Gasteiger partial charge in [0.05, 0.1) is 7.05 Å². The first-order chi connectivity index (χ1) is 6.36. The molecular formula is C12H20CsN+2. The van der Waals surface area contributed by atoms with E-state index in [1.54, 1.807) is 0 Å². The fourth-order valence-electron chi connectivity index (χ4n) is 0.992. The third-order valence-electron chi connectivity index (χ3n) is 1.63. The summed E-state index contributed by atoms with van der Waals surface area (Å²) in [4.78, 5) is 0.